The first-order chi connectivity index (χ1) is 26.1. The van der Waals surface area contributed by atoms with Crippen LogP contribution in [-0.2, 0) is 35.6 Å². The van der Waals surface area contributed by atoms with E-state index >= 15 is 0 Å². The van der Waals surface area contributed by atoms with Gasteiger partial charge in [-0.15, -0.1) is 0 Å². The summed E-state index contributed by atoms with van der Waals surface area (Å²) in [5.74, 6) is -4.29. The van der Waals surface area contributed by atoms with Crippen LogP contribution in [0.25, 0.3) is 11.0 Å². The highest BCUT2D eigenvalue weighted by Crippen LogP contribution is 2.50. The Balaban J connectivity index is 1.23. The van der Waals surface area contributed by atoms with E-state index in [0.29, 0.717) is 41.7 Å². The minimum absolute atomic E-state index is 0.164. The van der Waals surface area contributed by atoms with Crippen molar-refractivity contribution in [3.05, 3.63) is 23.9 Å². The van der Waals surface area contributed by atoms with Crippen molar-refractivity contribution in [2.75, 3.05) is 13.7 Å². The zero-order chi connectivity index (χ0) is 39.4. The predicted octanol–water partition coefficient (Wildman–Crippen LogP) is 3.38. The van der Waals surface area contributed by atoms with E-state index in [2.05, 4.69) is 10.6 Å². The molecule has 4 fully saturated rings. The largest absolute Gasteiger partial charge is 0.497 e. The molecule has 1 aromatic carbocycles. The fourth-order valence-corrected chi connectivity index (χ4v) is 9.28. The fraction of sp³-hybridized carbons (Fsp3) is 0.676. The number of hydrogen-bond donors (Lipinski definition) is 3. The number of hydrogen-bond acceptors (Lipinski definition) is 11. The SMILES string of the molecule is CC[C@@H]1[C@@H]2CN(C(=O)[C@H](C)NC(=O)O[C@@H]3C[C@H]3CCCCCc3nc4ccc(OC)cc4nc3O2)[C@@H]1C(=O)N[C@]1(C(=O)NS(=O)(=O)C2(C)CC2)CC1C(F)F. The van der Waals surface area contributed by atoms with Crippen LogP contribution in [0.3, 0.4) is 0 Å². The quantitative estimate of drug-likeness (QED) is 0.355. The number of alkyl halides is 2. The summed E-state index contributed by atoms with van der Waals surface area (Å²) >= 11 is 0. The molecule has 5 aliphatic rings. The first kappa shape index (κ1) is 38.9. The van der Waals surface area contributed by atoms with Gasteiger partial charge in [0.1, 0.15) is 41.3 Å². The molecule has 300 valence electrons. The molecule has 2 aromatic rings. The van der Waals surface area contributed by atoms with E-state index in [-0.39, 0.29) is 30.9 Å². The van der Waals surface area contributed by atoms with E-state index in [1.807, 2.05) is 4.72 Å². The van der Waals surface area contributed by atoms with Gasteiger partial charge in [-0.25, -0.2) is 32.0 Å². The summed E-state index contributed by atoms with van der Waals surface area (Å²) in [4.78, 5) is 66.0. The summed E-state index contributed by atoms with van der Waals surface area (Å²) in [5, 5.41) is 5.04. The van der Waals surface area contributed by atoms with Crippen molar-refractivity contribution in [3.8, 4) is 11.6 Å². The van der Waals surface area contributed by atoms with Crippen molar-refractivity contribution in [1.82, 2.24) is 30.2 Å². The number of ether oxygens (including phenoxy) is 3. The number of nitrogens with one attached hydrogen (secondary N) is 3. The number of amides is 4. The number of carbonyl (C=O) groups is 4. The minimum Gasteiger partial charge on any atom is -0.497 e. The Morgan fingerprint density at radius 2 is 1.87 bits per heavy atom. The molecule has 3 heterocycles. The van der Waals surface area contributed by atoms with Gasteiger partial charge in [0, 0.05) is 12.0 Å². The van der Waals surface area contributed by atoms with Gasteiger partial charge in [-0.2, -0.15) is 0 Å². The van der Waals surface area contributed by atoms with Crippen molar-refractivity contribution in [3.63, 3.8) is 0 Å². The fourth-order valence-electron chi connectivity index (χ4n) is 7.96. The molecular formula is C37H48F2N6O9S. The van der Waals surface area contributed by atoms with E-state index in [1.165, 1.54) is 25.9 Å². The summed E-state index contributed by atoms with van der Waals surface area (Å²) in [5.41, 5.74) is -0.516. The van der Waals surface area contributed by atoms with Crippen molar-refractivity contribution in [2.24, 2.45) is 17.8 Å². The zero-order valence-corrected chi connectivity index (χ0v) is 32.1. The van der Waals surface area contributed by atoms with Crippen molar-refractivity contribution < 1.29 is 50.6 Å². The molecule has 1 aromatic heterocycles. The average Bonchev–Trinajstić information content (AvgIpc) is 4.09. The Kier molecular flexibility index (Phi) is 10.3. The maximum atomic E-state index is 14.4. The molecule has 2 aliphatic heterocycles. The lowest BCUT2D eigenvalue weighted by Crippen LogP contribution is -2.59. The molecule has 0 radical (unpaired) electrons. The molecule has 15 nitrogen and oxygen atoms in total. The number of sulfonamides is 1. The number of rotatable bonds is 8. The lowest BCUT2D eigenvalue weighted by Gasteiger charge is -2.31. The summed E-state index contributed by atoms with van der Waals surface area (Å²) in [6.07, 6.45) is 0.0784. The molecule has 3 saturated carbocycles. The monoisotopic (exact) mass is 790 g/mol. The molecule has 8 atom stereocenters. The molecule has 2 bridgehead atoms. The standard InChI is InChI=1S/C37H48F2N6O9S/c1-5-22-28-18-45(29(22)31(46)43-37(17-23(37)30(38)39)34(48)44-55(50,51)36(3)13-14-36)33(47)19(2)40-35(49)54-27-15-20(27)9-7-6-8-10-25-32(53-28)42-26-16-21(52-4)11-12-24(26)41-25/h11-12,16,19-20,22-23,27-30H,5-10,13-15,17-18H2,1-4H3,(H,40,49)(H,43,46)(H,44,48)/t19-,20+,22+,23?,27+,28-,29-,37+/m0/s1. The molecule has 1 saturated heterocycles. The van der Waals surface area contributed by atoms with Crippen LogP contribution in [-0.4, -0.2) is 102 Å². The van der Waals surface area contributed by atoms with E-state index in [4.69, 9.17) is 24.2 Å². The van der Waals surface area contributed by atoms with Crippen LogP contribution in [0.2, 0.25) is 0 Å². The van der Waals surface area contributed by atoms with Gasteiger partial charge in [-0.3, -0.25) is 19.1 Å². The molecular weight excluding hydrogens is 743 g/mol. The van der Waals surface area contributed by atoms with E-state index < -0.39 is 87.0 Å². The second-order valence-corrected chi connectivity index (χ2v) is 18.1. The first-order valence-corrected chi connectivity index (χ1v) is 20.5. The topological polar surface area (TPSA) is 195 Å². The number of aryl methyl sites for hydroxylation is 1. The molecule has 0 spiro atoms. The van der Waals surface area contributed by atoms with E-state index in [0.717, 1.165) is 32.1 Å². The van der Waals surface area contributed by atoms with Crippen LogP contribution in [0.1, 0.15) is 84.3 Å². The maximum absolute atomic E-state index is 14.4. The third-order valence-corrected chi connectivity index (χ3v) is 14.2. The minimum atomic E-state index is -4.23. The lowest BCUT2D eigenvalue weighted by molar-refractivity contribution is -0.142. The summed E-state index contributed by atoms with van der Waals surface area (Å²) < 4.78 is 72.7. The number of carbonyl (C=O) groups excluding carboxylic acids is 4. The van der Waals surface area contributed by atoms with Gasteiger partial charge >= 0.3 is 6.09 Å². The van der Waals surface area contributed by atoms with Gasteiger partial charge in [-0.1, -0.05) is 19.8 Å². The van der Waals surface area contributed by atoms with Gasteiger partial charge in [0.15, 0.2) is 0 Å². The van der Waals surface area contributed by atoms with Crippen LogP contribution < -0.4 is 24.8 Å². The van der Waals surface area contributed by atoms with Crippen LogP contribution >= 0.6 is 0 Å². The van der Waals surface area contributed by atoms with Crippen molar-refractivity contribution in [1.29, 1.82) is 0 Å². The number of nitrogens with zero attached hydrogens (tertiary/aromatic N) is 3. The number of alkyl carbamates (subject to hydrolysis) is 1. The Morgan fingerprint density at radius 3 is 2.55 bits per heavy atom. The zero-order valence-electron chi connectivity index (χ0n) is 31.3. The predicted molar refractivity (Wildman–Crippen MR) is 193 cm³/mol. The van der Waals surface area contributed by atoms with Gasteiger partial charge in [-0.05, 0) is 83.3 Å². The Morgan fingerprint density at radius 1 is 1.11 bits per heavy atom. The highest BCUT2D eigenvalue weighted by Gasteiger charge is 2.67. The summed E-state index contributed by atoms with van der Waals surface area (Å²) in [6.45, 7) is 4.51. The van der Waals surface area contributed by atoms with Crippen LogP contribution in [0.15, 0.2) is 18.2 Å². The van der Waals surface area contributed by atoms with Gasteiger partial charge in [0.05, 0.1) is 35.4 Å². The lowest BCUT2D eigenvalue weighted by atomic mass is 9.93. The van der Waals surface area contributed by atoms with Gasteiger partial charge < -0.3 is 29.7 Å². The second kappa shape index (κ2) is 14.6. The molecule has 7 rings (SSSR count). The maximum Gasteiger partial charge on any atom is 0.408 e. The van der Waals surface area contributed by atoms with E-state index in [9.17, 15) is 36.4 Å². The molecule has 1 unspecified atom stereocenters. The third-order valence-electron chi connectivity index (χ3n) is 12.0. The van der Waals surface area contributed by atoms with Gasteiger partial charge in [0.2, 0.25) is 34.1 Å². The Bertz CT molecular complexity index is 1980. The normalized spacial score (nSPS) is 31.8. The second-order valence-electron chi connectivity index (χ2n) is 15.9. The van der Waals surface area contributed by atoms with Crippen molar-refractivity contribution in [2.45, 2.75) is 126 Å². The Labute approximate surface area is 318 Å². The van der Waals surface area contributed by atoms with Crippen LogP contribution in [0.5, 0.6) is 11.6 Å². The molecule has 18 heteroatoms. The van der Waals surface area contributed by atoms with Crippen molar-refractivity contribution >= 4 is 44.9 Å². The molecule has 4 amide bonds. The van der Waals surface area contributed by atoms with Crippen LogP contribution in [0, 0.1) is 17.8 Å². The molecule has 3 aliphatic carbocycles. The smallest absolute Gasteiger partial charge is 0.408 e. The first-order valence-electron chi connectivity index (χ1n) is 19.1. The number of benzene rings is 1. The average molecular weight is 791 g/mol. The summed E-state index contributed by atoms with van der Waals surface area (Å²) in [6, 6.07) is 2.76. The molecule has 3 N–H and O–H groups in total. The Hall–Kier alpha value is -4.35. The number of aromatic nitrogens is 2. The van der Waals surface area contributed by atoms with Gasteiger partial charge in [0.25, 0.3) is 5.91 Å². The van der Waals surface area contributed by atoms with E-state index in [1.54, 1.807) is 25.1 Å². The third kappa shape index (κ3) is 7.62. The number of methoxy groups -OCH3 is 1. The molecule has 55 heavy (non-hydrogen) atoms. The number of halogens is 2. The highest BCUT2D eigenvalue weighted by molar-refractivity contribution is 7.91. The van der Waals surface area contributed by atoms with Crippen LogP contribution in [0.4, 0.5) is 13.6 Å². The summed E-state index contributed by atoms with van der Waals surface area (Å²) in [7, 11) is -2.69. The number of fused-ring (bicyclic) bond motifs is 5. The highest BCUT2D eigenvalue weighted by atomic mass is 32.2.